The van der Waals surface area contributed by atoms with Crippen LogP contribution in [-0.4, -0.2) is 60.9 Å². The van der Waals surface area contributed by atoms with Crippen LogP contribution >= 0.6 is 0 Å². The number of piperidine rings is 2. The first-order valence-corrected chi connectivity index (χ1v) is 7.45. The van der Waals surface area contributed by atoms with Gasteiger partial charge >= 0.3 is 0 Å². The standard InChI is InChI=1S/C14H26N2O3/c1-11-2-3-12(10-15-11)14(18)16-6-4-13(5-7-16)19-9-8-17/h11-13,15,17H,2-10H2,1H3. The molecule has 5 nitrogen and oxygen atoms in total. The lowest BCUT2D eigenvalue weighted by molar-refractivity contribution is -0.139. The van der Waals surface area contributed by atoms with Crippen molar-refractivity contribution >= 4 is 5.91 Å². The number of aliphatic hydroxyl groups excluding tert-OH is 1. The van der Waals surface area contributed by atoms with E-state index in [4.69, 9.17) is 9.84 Å². The van der Waals surface area contributed by atoms with E-state index in [0.717, 1.165) is 45.3 Å². The molecule has 2 aliphatic heterocycles. The molecule has 0 radical (unpaired) electrons. The van der Waals surface area contributed by atoms with E-state index in [1.807, 2.05) is 4.90 Å². The number of carbonyl (C=O) groups is 1. The lowest BCUT2D eigenvalue weighted by atomic mass is 9.93. The summed E-state index contributed by atoms with van der Waals surface area (Å²) in [6, 6.07) is 0.543. The Bertz CT molecular complexity index is 282. The number of hydrogen-bond acceptors (Lipinski definition) is 4. The van der Waals surface area contributed by atoms with Crippen molar-refractivity contribution in [1.29, 1.82) is 0 Å². The number of aliphatic hydroxyl groups is 1. The van der Waals surface area contributed by atoms with Gasteiger partial charge in [0.25, 0.3) is 0 Å². The summed E-state index contributed by atoms with van der Waals surface area (Å²) in [6.45, 7) is 5.06. The van der Waals surface area contributed by atoms with Crippen molar-refractivity contribution in [3.05, 3.63) is 0 Å². The van der Waals surface area contributed by atoms with Crippen LogP contribution in [0.25, 0.3) is 0 Å². The van der Waals surface area contributed by atoms with E-state index >= 15 is 0 Å². The van der Waals surface area contributed by atoms with Crippen molar-refractivity contribution in [2.24, 2.45) is 5.92 Å². The first-order chi connectivity index (χ1) is 9.20. The fourth-order valence-electron chi connectivity index (χ4n) is 2.93. The minimum atomic E-state index is 0.0745. The molecule has 0 bridgehead atoms. The maximum absolute atomic E-state index is 12.4. The minimum Gasteiger partial charge on any atom is -0.394 e. The molecule has 2 unspecified atom stereocenters. The summed E-state index contributed by atoms with van der Waals surface area (Å²) >= 11 is 0. The van der Waals surface area contributed by atoms with Crippen LogP contribution in [-0.2, 0) is 9.53 Å². The van der Waals surface area contributed by atoms with E-state index in [1.54, 1.807) is 0 Å². The topological polar surface area (TPSA) is 61.8 Å². The number of rotatable bonds is 4. The molecule has 2 saturated heterocycles. The molecule has 0 saturated carbocycles. The van der Waals surface area contributed by atoms with Crippen LogP contribution in [0.15, 0.2) is 0 Å². The summed E-state index contributed by atoms with van der Waals surface area (Å²) < 4.78 is 5.52. The van der Waals surface area contributed by atoms with Gasteiger partial charge in [0.1, 0.15) is 0 Å². The lowest BCUT2D eigenvalue weighted by Crippen LogP contribution is -2.48. The van der Waals surface area contributed by atoms with E-state index < -0.39 is 0 Å². The van der Waals surface area contributed by atoms with Crippen LogP contribution < -0.4 is 5.32 Å². The number of amides is 1. The Morgan fingerprint density at radius 2 is 2.05 bits per heavy atom. The second-order valence-electron chi connectivity index (χ2n) is 5.70. The number of likely N-dealkylation sites (tertiary alicyclic amines) is 1. The van der Waals surface area contributed by atoms with Crippen molar-refractivity contribution < 1.29 is 14.6 Å². The van der Waals surface area contributed by atoms with Crippen LogP contribution in [0.4, 0.5) is 0 Å². The molecule has 2 rings (SSSR count). The molecule has 1 amide bonds. The van der Waals surface area contributed by atoms with Gasteiger partial charge in [0.15, 0.2) is 0 Å². The third kappa shape index (κ3) is 4.16. The molecule has 0 spiro atoms. The number of nitrogens with zero attached hydrogens (tertiary/aromatic N) is 1. The average Bonchev–Trinajstić information content (AvgIpc) is 2.46. The molecule has 110 valence electrons. The SMILES string of the molecule is CC1CCC(C(=O)N2CCC(OCCO)CC2)CN1. The van der Waals surface area contributed by atoms with Gasteiger partial charge in [0.2, 0.25) is 5.91 Å². The number of carbonyl (C=O) groups excluding carboxylic acids is 1. The molecule has 5 heteroatoms. The fourth-order valence-corrected chi connectivity index (χ4v) is 2.93. The van der Waals surface area contributed by atoms with Crippen LogP contribution in [0.3, 0.4) is 0 Å². The number of ether oxygens (including phenoxy) is 1. The Kier molecular flexibility index (Phi) is 5.60. The van der Waals surface area contributed by atoms with Gasteiger partial charge in [0, 0.05) is 25.7 Å². The first-order valence-electron chi connectivity index (χ1n) is 7.45. The quantitative estimate of drug-likeness (QED) is 0.775. The highest BCUT2D eigenvalue weighted by molar-refractivity contribution is 5.79. The maximum Gasteiger partial charge on any atom is 0.226 e. The molecule has 0 aromatic heterocycles. The molecular weight excluding hydrogens is 244 g/mol. The Balaban J connectivity index is 1.73. The number of hydrogen-bond donors (Lipinski definition) is 2. The van der Waals surface area contributed by atoms with Crippen LogP contribution in [0.2, 0.25) is 0 Å². The summed E-state index contributed by atoms with van der Waals surface area (Å²) in [6.07, 6.45) is 4.09. The van der Waals surface area contributed by atoms with Gasteiger partial charge in [-0.25, -0.2) is 0 Å². The normalized spacial score (nSPS) is 29.5. The highest BCUT2D eigenvalue weighted by Gasteiger charge is 2.30. The van der Waals surface area contributed by atoms with E-state index in [1.165, 1.54) is 0 Å². The van der Waals surface area contributed by atoms with Crippen LogP contribution in [0.1, 0.15) is 32.6 Å². The largest absolute Gasteiger partial charge is 0.394 e. The van der Waals surface area contributed by atoms with Crippen molar-refractivity contribution in [3.63, 3.8) is 0 Å². The van der Waals surface area contributed by atoms with Crippen molar-refractivity contribution in [2.45, 2.75) is 44.8 Å². The summed E-state index contributed by atoms with van der Waals surface area (Å²) in [4.78, 5) is 14.4. The summed E-state index contributed by atoms with van der Waals surface area (Å²) in [5, 5.41) is 12.1. The Morgan fingerprint density at radius 3 is 2.63 bits per heavy atom. The maximum atomic E-state index is 12.4. The molecular formula is C14H26N2O3. The van der Waals surface area contributed by atoms with Crippen molar-refractivity contribution in [3.8, 4) is 0 Å². The van der Waals surface area contributed by atoms with Crippen LogP contribution in [0, 0.1) is 5.92 Å². The third-order valence-electron chi connectivity index (χ3n) is 4.21. The Labute approximate surface area is 115 Å². The fraction of sp³-hybridized carbons (Fsp3) is 0.929. The Hall–Kier alpha value is -0.650. The molecule has 2 fully saturated rings. The summed E-state index contributed by atoms with van der Waals surface area (Å²) in [5.74, 6) is 0.464. The monoisotopic (exact) mass is 270 g/mol. The second kappa shape index (κ2) is 7.22. The third-order valence-corrected chi connectivity index (χ3v) is 4.21. The summed E-state index contributed by atoms with van der Waals surface area (Å²) in [5.41, 5.74) is 0. The zero-order valence-corrected chi connectivity index (χ0v) is 11.8. The zero-order valence-electron chi connectivity index (χ0n) is 11.8. The molecule has 2 N–H and O–H groups in total. The van der Waals surface area contributed by atoms with Crippen molar-refractivity contribution in [1.82, 2.24) is 10.2 Å². The van der Waals surface area contributed by atoms with Gasteiger partial charge < -0.3 is 20.1 Å². The van der Waals surface area contributed by atoms with Gasteiger partial charge in [-0.05, 0) is 32.6 Å². The minimum absolute atomic E-state index is 0.0745. The molecule has 0 aromatic rings. The first kappa shape index (κ1) is 14.8. The molecule has 0 aliphatic carbocycles. The highest BCUT2D eigenvalue weighted by Crippen LogP contribution is 2.20. The smallest absolute Gasteiger partial charge is 0.226 e. The molecule has 2 atom stereocenters. The van der Waals surface area contributed by atoms with Gasteiger partial charge in [-0.15, -0.1) is 0 Å². The highest BCUT2D eigenvalue weighted by atomic mass is 16.5. The van der Waals surface area contributed by atoms with Gasteiger partial charge in [-0.2, -0.15) is 0 Å². The van der Waals surface area contributed by atoms with E-state index in [0.29, 0.717) is 18.6 Å². The molecule has 19 heavy (non-hydrogen) atoms. The second-order valence-corrected chi connectivity index (χ2v) is 5.70. The van der Waals surface area contributed by atoms with Crippen molar-refractivity contribution in [2.75, 3.05) is 32.8 Å². The average molecular weight is 270 g/mol. The van der Waals surface area contributed by atoms with E-state index in [9.17, 15) is 4.79 Å². The van der Waals surface area contributed by atoms with E-state index in [2.05, 4.69) is 12.2 Å². The van der Waals surface area contributed by atoms with Gasteiger partial charge in [-0.3, -0.25) is 4.79 Å². The predicted molar refractivity (Wildman–Crippen MR) is 72.8 cm³/mol. The van der Waals surface area contributed by atoms with Crippen LogP contribution in [0.5, 0.6) is 0 Å². The molecule has 2 aliphatic rings. The summed E-state index contributed by atoms with van der Waals surface area (Å²) in [7, 11) is 0. The molecule has 0 aromatic carbocycles. The van der Waals surface area contributed by atoms with Gasteiger partial charge in [0.05, 0.1) is 25.2 Å². The number of nitrogens with one attached hydrogen (secondary N) is 1. The van der Waals surface area contributed by atoms with Gasteiger partial charge in [-0.1, -0.05) is 0 Å². The zero-order chi connectivity index (χ0) is 13.7. The lowest BCUT2D eigenvalue weighted by Gasteiger charge is -2.36. The van der Waals surface area contributed by atoms with E-state index in [-0.39, 0.29) is 18.6 Å². The molecule has 2 heterocycles. The predicted octanol–water partition coefficient (Wildman–Crippen LogP) is 0.374. The Morgan fingerprint density at radius 1 is 1.32 bits per heavy atom.